The van der Waals surface area contributed by atoms with Crippen molar-refractivity contribution in [2.24, 2.45) is 0 Å². The van der Waals surface area contributed by atoms with Crippen LogP contribution in [0.5, 0.6) is 0 Å². The van der Waals surface area contributed by atoms with Gasteiger partial charge in [0.05, 0.1) is 11.5 Å². The van der Waals surface area contributed by atoms with Gasteiger partial charge in [-0.3, -0.25) is 14.9 Å². The van der Waals surface area contributed by atoms with E-state index in [-0.39, 0.29) is 24.2 Å². The Balaban J connectivity index is 2.62. The number of benzene rings is 1. The highest BCUT2D eigenvalue weighted by molar-refractivity contribution is 5.93. The summed E-state index contributed by atoms with van der Waals surface area (Å²) in [6.45, 7) is 6.00. The Morgan fingerprint density at radius 3 is 2.68 bits per heavy atom. The number of nitro groups is 1. The smallest absolute Gasteiger partial charge is 0.269 e. The van der Waals surface area contributed by atoms with E-state index in [0.717, 1.165) is 6.42 Å². The average Bonchev–Trinajstić information content (AvgIpc) is 2.38. The second-order valence-corrected chi connectivity index (χ2v) is 4.49. The number of non-ortho nitro benzene ring substituents is 1. The van der Waals surface area contributed by atoms with Gasteiger partial charge in [-0.15, -0.1) is 0 Å². The highest BCUT2D eigenvalue weighted by Gasteiger charge is 2.10. The molecule has 1 unspecified atom stereocenters. The molecule has 1 amide bonds. The molecule has 2 N–H and O–H groups in total. The van der Waals surface area contributed by atoms with Gasteiger partial charge >= 0.3 is 0 Å². The van der Waals surface area contributed by atoms with Gasteiger partial charge in [0.25, 0.3) is 5.69 Å². The van der Waals surface area contributed by atoms with Crippen LogP contribution in [0.25, 0.3) is 0 Å². The van der Waals surface area contributed by atoms with E-state index in [9.17, 15) is 14.9 Å². The number of nitrogens with one attached hydrogen (secondary N) is 2. The summed E-state index contributed by atoms with van der Waals surface area (Å²) in [7, 11) is 0. The molecule has 0 radical (unpaired) electrons. The Hall–Kier alpha value is -1.95. The molecule has 1 atom stereocenters. The number of rotatable bonds is 6. The molecule has 1 aromatic carbocycles. The molecule has 0 aliphatic carbocycles. The minimum atomic E-state index is -0.455. The topological polar surface area (TPSA) is 84.3 Å². The lowest BCUT2D eigenvalue weighted by atomic mass is 10.2. The van der Waals surface area contributed by atoms with E-state index < -0.39 is 4.92 Å². The minimum absolute atomic E-state index is 0.0215. The van der Waals surface area contributed by atoms with Gasteiger partial charge in [0.15, 0.2) is 0 Å². The van der Waals surface area contributed by atoms with Gasteiger partial charge in [0.1, 0.15) is 0 Å². The molecule has 0 aliphatic rings. The first-order valence-electron chi connectivity index (χ1n) is 6.22. The van der Waals surface area contributed by atoms with Crippen molar-refractivity contribution in [1.82, 2.24) is 5.32 Å². The predicted octanol–water partition coefficient (Wildman–Crippen LogP) is 2.23. The Bertz CT molecular complexity index is 474. The molecule has 6 heteroatoms. The highest BCUT2D eigenvalue weighted by Crippen LogP contribution is 2.20. The Kier molecular flexibility index (Phi) is 5.44. The zero-order valence-corrected chi connectivity index (χ0v) is 11.4. The highest BCUT2D eigenvalue weighted by atomic mass is 16.6. The van der Waals surface area contributed by atoms with Crippen molar-refractivity contribution in [3.8, 4) is 0 Å². The van der Waals surface area contributed by atoms with E-state index in [2.05, 4.69) is 10.6 Å². The summed E-state index contributed by atoms with van der Waals surface area (Å²) in [6.07, 6.45) is 0.948. The number of nitrogens with zero attached hydrogens (tertiary/aromatic N) is 1. The van der Waals surface area contributed by atoms with Crippen molar-refractivity contribution in [3.05, 3.63) is 33.9 Å². The number of amides is 1. The van der Waals surface area contributed by atoms with E-state index in [4.69, 9.17) is 0 Å². The number of nitro benzene ring substituents is 1. The number of carbonyl (C=O) groups is 1. The normalized spacial score (nSPS) is 11.9. The summed E-state index contributed by atoms with van der Waals surface area (Å²) < 4.78 is 0. The fourth-order valence-electron chi connectivity index (χ4n) is 1.51. The van der Waals surface area contributed by atoms with Crippen LogP contribution in [0.2, 0.25) is 0 Å². The quantitative estimate of drug-likeness (QED) is 0.610. The van der Waals surface area contributed by atoms with Gasteiger partial charge in [-0.2, -0.15) is 0 Å². The molecular formula is C13H19N3O3. The van der Waals surface area contributed by atoms with E-state index in [1.807, 2.05) is 13.8 Å². The molecule has 1 rings (SSSR count). The molecule has 104 valence electrons. The third-order valence-electron chi connectivity index (χ3n) is 2.92. The SMILES string of the molecule is CCC(C)NCC(=O)Nc1ccc([N+](=O)[O-])cc1C. The molecule has 0 heterocycles. The molecule has 0 aliphatic heterocycles. The van der Waals surface area contributed by atoms with E-state index in [1.165, 1.54) is 12.1 Å². The number of carbonyl (C=O) groups excluding carboxylic acids is 1. The largest absolute Gasteiger partial charge is 0.325 e. The van der Waals surface area contributed by atoms with Crippen LogP contribution in [0.1, 0.15) is 25.8 Å². The third kappa shape index (κ3) is 4.67. The van der Waals surface area contributed by atoms with Crippen LogP contribution in [0, 0.1) is 17.0 Å². The average molecular weight is 265 g/mol. The van der Waals surface area contributed by atoms with Gasteiger partial charge in [-0.05, 0) is 31.9 Å². The summed E-state index contributed by atoms with van der Waals surface area (Å²) in [5, 5.41) is 16.4. The van der Waals surface area contributed by atoms with Crippen molar-refractivity contribution in [1.29, 1.82) is 0 Å². The monoisotopic (exact) mass is 265 g/mol. The van der Waals surface area contributed by atoms with Crippen molar-refractivity contribution in [2.45, 2.75) is 33.2 Å². The van der Waals surface area contributed by atoms with Gasteiger partial charge in [-0.1, -0.05) is 6.92 Å². The summed E-state index contributed by atoms with van der Waals surface area (Å²) in [5.41, 5.74) is 1.29. The van der Waals surface area contributed by atoms with Crippen LogP contribution in [-0.4, -0.2) is 23.4 Å². The molecule has 0 bridgehead atoms. The maximum Gasteiger partial charge on any atom is 0.269 e. The molecular weight excluding hydrogens is 246 g/mol. The van der Waals surface area contributed by atoms with Crippen LogP contribution in [0.4, 0.5) is 11.4 Å². The second-order valence-electron chi connectivity index (χ2n) is 4.49. The van der Waals surface area contributed by atoms with Gasteiger partial charge < -0.3 is 10.6 Å². The first kappa shape index (κ1) is 15.1. The van der Waals surface area contributed by atoms with Crippen molar-refractivity contribution < 1.29 is 9.72 Å². The molecule has 0 fully saturated rings. The number of hydrogen-bond acceptors (Lipinski definition) is 4. The van der Waals surface area contributed by atoms with Crippen molar-refractivity contribution >= 4 is 17.3 Å². The fourth-order valence-corrected chi connectivity index (χ4v) is 1.51. The lowest BCUT2D eigenvalue weighted by molar-refractivity contribution is -0.384. The lowest BCUT2D eigenvalue weighted by Crippen LogP contribution is -2.34. The van der Waals surface area contributed by atoms with Crippen LogP contribution in [0.15, 0.2) is 18.2 Å². The molecule has 0 saturated carbocycles. The fraction of sp³-hybridized carbons (Fsp3) is 0.462. The van der Waals surface area contributed by atoms with E-state index >= 15 is 0 Å². The predicted molar refractivity (Wildman–Crippen MR) is 74.2 cm³/mol. The van der Waals surface area contributed by atoms with Crippen LogP contribution in [0.3, 0.4) is 0 Å². The second kappa shape index (κ2) is 6.84. The van der Waals surface area contributed by atoms with Crippen LogP contribution in [-0.2, 0) is 4.79 Å². The molecule has 19 heavy (non-hydrogen) atoms. The summed E-state index contributed by atoms with van der Waals surface area (Å²) >= 11 is 0. The number of hydrogen-bond donors (Lipinski definition) is 2. The first-order valence-corrected chi connectivity index (χ1v) is 6.22. The van der Waals surface area contributed by atoms with Gasteiger partial charge in [-0.25, -0.2) is 0 Å². The standard InChI is InChI=1S/C13H19N3O3/c1-4-10(3)14-8-13(17)15-12-6-5-11(16(18)19)7-9(12)2/h5-7,10,14H,4,8H2,1-3H3,(H,15,17). The van der Waals surface area contributed by atoms with Crippen molar-refractivity contribution in [3.63, 3.8) is 0 Å². The first-order chi connectivity index (χ1) is 8.93. The van der Waals surface area contributed by atoms with E-state index in [0.29, 0.717) is 11.3 Å². The Morgan fingerprint density at radius 2 is 2.16 bits per heavy atom. The zero-order chi connectivity index (χ0) is 14.4. The number of anilines is 1. The summed E-state index contributed by atoms with van der Waals surface area (Å²) in [5.74, 6) is -0.155. The third-order valence-corrected chi connectivity index (χ3v) is 2.92. The molecule has 0 saturated heterocycles. The molecule has 0 aromatic heterocycles. The zero-order valence-electron chi connectivity index (χ0n) is 11.4. The summed E-state index contributed by atoms with van der Waals surface area (Å²) in [4.78, 5) is 21.8. The van der Waals surface area contributed by atoms with E-state index in [1.54, 1.807) is 13.0 Å². The molecule has 6 nitrogen and oxygen atoms in total. The Labute approximate surface area is 112 Å². The maximum absolute atomic E-state index is 11.7. The summed E-state index contributed by atoms with van der Waals surface area (Å²) in [6, 6.07) is 4.65. The van der Waals surface area contributed by atoms with Crippen LogP contribution >= 0.6 is 0 Å². The maximum atomic E-state index is 11.7. The molecule has 1 aromatic rings. The molecule has 0 spiro atoms. The van der Waals surface area contributed by atoms with Gasteiger partial charge in [0.2, 0.25) is 5.91 Å². The number of aryl methyl sites for hydroxylation is 1. The lowest BCUT2D eigenvalue weighted by Gasteiger charge is -2.12. The Morgan fingerprint density at radius 1 is 1.47 bits per heavy atom. The van der Waals surface area contributed by atoms with Gasteiger partial charge in [0, 0.05) is 23.9 Å². The van der Waals surface area contributed by atoms with Crippen molar-refractivity contribution in [2.75, 3.05) is 11.9 Å². The minimum Gasteiger partial charge on any atom is -0.325 e. The van der Waals surface area contributed by atoms with Crippen LogP contribution < -0.4 is 10.6 Å².